The Kier molecular flexibility index (Phi) is 3.95. The molecule has 0 aliphatic heterocycles. The van der Waals surface area contributed by atoms with Crippen LogP contribution in [0, 0.1) is 0 Å². The SMILES string of the molecule is OCCCOc1nc(-c2ccccc2Cl)no1. The highest BCUT2D eigenvalue weighted by Crippen LogP contribution is 2.26. The van der Waals surface area contributed by atoms with Crippen LogP contribution < -0.4 is 4.74 Å². The molecule has 0 bridgehead atoms. The Bertz CT molecular complexity index is 487. The van der Waals surface area contributed by atoms with Gasteiger partial charge < -0.3 is 9.84 Å². The van der Waals surface area contributed by atoms with E-state index in [4.69, 9.17) is 26.0 Å². The zero-order valence-corrected chi connectivity index (χ0v) is 9.72. The Labute approximate surface area is 103 Å². The van der Waals surface area contributed by atoms with Gasteiger partial charge in [-0.05, 0) is 12.1 Å². The van der Waals surface area contributed by atoms with Gasteiger partial charge >= 0.3 is 6.08 Å². The van der Waals surface area contributed by atoms with Gasteiger partial charge in [0.05, 0.1) is 11.6 Å². The topological polar surface area (TPSA) is 68.4 Å². The molecule has 0 fully saturated rings. The molecule has 1 aromatic carbocycles. The van der Waals surface area contributed by atoms with E-state index in [2.05, 4.69) is 10.1 Å². The molecule has 0 aliphatic rings. The van der Waals surface area contributed by atoms with Crippen LogP contribution in [0.3, 0.4) is 0 Å². The molecule has 2 aromatic rings. The zero-order chi connectivity index (χ0) is 12.1. The molecular weight excluding hydrogens is 244 g/mol. The van der Waals surface area contributed by atoms with Gasteiger partial charge in [0.1, 0.15) is 0 Å². The smallest absolute Gasteiger partial charge is 0.417 e. The van der Waals surface area contributed by atoms with Gasteiger partial charge in [-0.25, -0.2) is 0 Å². The fourth-order valence-electron chi connectivity index (χ4n) is 1.24. The van der Waals surface area contributed by atoms with Gasteiger partial charge in [0.25, 0.3) is 0 Å². The monoisotopic (exact) mass is 254 g/mol. The fraction of sp³-hybridized carbons (Fsp3) is 0.273. The molecule has 0 spiro atoms. The van der Waals surface area contributed by atoms with Crippen molar-refractivity contribution in [1.29, 1.82) is 0 Å². The van der Waals surface area contributed by atoms with Gasteiger partial charge in [-0.1, -0.05) is 28.9 Å². The van der Waals surface area contributed by atoms with Crippen LogP contribution in [-0.2, 0) is 0 Å². The van der Waals surface area contributed by atoms with Crippen molar-refractivity contribution in [3.63, 3.8) is 0 Å². The molecular formula is C11H11ClN2O3. The molecule has 0 saturated carbocycles. The summed E-state index contributed by atoms with van der Waals surface area (Å²) in [7, 11) is 0. The minimum absolute atomic E-state index is 0.0610. The Hall–Kier alpha value is -1.59. The van der Waals surface area contributed by atoms with Gasteiger partial charge in [-0.3, -0.25) is 4.52 Å². The molecule has 5 nitrogen and oxygen atoms in total. The van der Waals surface area contributed by atoms with Crippen molar-refractivity contribution in [2.45, 2.75) is 6.42 Å². The van der Waals surface area contributed by atoms with E-state index in [0.717, 1.165) is 0 Å². The molecule has 0 aliphatic carbocycles. The van der Waals surface area contributed by atoms with Crippen LogP contribution in [0.25, 0.3) is 11.4 Å². The lowest BCUT2D eigenvalue weighted by atomic mass is 10.2. The number of aliphatic hydroxyl groups is 1. The molecule has 0 saturated heterocycles. The van der Waals surface area contributed by atoms with Gasteiger partial charge in [0.2, 0.25) is 5.82 Å². The molecule has 6 heteroatoms. The third-order valence-electron chi connectivity index (χ3n) is 2.05. The second-order valence-electron chi connectivity index (χ2n) is 3.29. The van der Waals surface area contributed by atoms with E-state index in [1.165, 1.54) is 0 Å². The molecule has 2 rings (SSSR count). The number of benzene rings is 1. The predicted octanol–water partition coefficient (Wildman–Crippen LogP) is 2.15. The highest BCUT2D eigenvalue weighted by Gasteiger charge is 2.11. The maximum atomic E-state index is 8.60. The van der Waals surface area contributed by atoms with Crippen LogP contribution in [0.2, 0.25) is 5.02 Å². The summed E-state index contributed by atoms with van der Waals surface area (Å²) >= 11 is 6.00. The number of hydrogen-bond acceptors (Lipinski definition) is 5. The van der Waals surface area contributed by atoms with E-state index < -0.39 is 0 Å². The van der Waals surface area contributed by atoms with E-state index in [0.29, 0.717) is 29.4 Å². The Morgan fingerprint density at radius 3 is 2.94 bits per heavy atom. The lowest BCUT2D eigenvalue weighted by Crippen LogP contribution is -1.99. The minimum atomic E-state index is 0.0610. The summed E-state index contributed by atoms with van der Waals surface area (Å²) in [6.07, 6.45) is 0.595. The normalized spacial score (nSPS) is 10.5. The van der Waals surface area contributed by atoms with E-state index in [-0.39, 0.29) is 12.7 Å². The van der Waals surface area contributed by atoms with Crippen molar-refractivity contribution in [2.24, 2.45) is 0 Å². The quantitative estimate of drug-likeness (QED) is 0.828. The van der Waals surface area contributed by atoms with Crippen LogP contribution >= 0.6 is 11.6 Å². The predicted molar refractivity (Wildman–Crippen MR) is 61.9 cm³/mol. The number of nitrogens with zero attached hydrogens (tertiary/aromatic N) is 2. The van der Waals surface area contributed by atoms with Gasteiger partial charge in [0, 0.05) is 18.6 Å². The largest absolute Gasteiger partial charge is 0.449 e. The Morgan fingerprint density at radius 1 is 1.35 bits per heavy atom. The van der Waals surface area contributed by atoms with Crippen molar-refractivity contribution < 1.29 is 14.4 Å². The number of halogens is 1. The maximum absolute atomic E-state index is 8.60. The van der Waals surface area contributed by atoms with Crippen molar-refractivity contribution in [3.05, 3.63) is 29.3 Å². The average molecular weight is 255 g/mol. The second kappa shape index (κ2) is 5.65. The molecule has 0 amide bonds. The average Bonchev–Trinajstić information content (AvgIpc) is 2.79. The first-order chi connectivity index (χ1) is 8.31. The highest BCUT2D eigenvalue weighted by molar-refractivity contribution is 6.33. The first-order valence-corrected chi connectivity index (χ1v) is 5.51. The third kappa shape index (κ3) is 2.95. The Balaban J connectivity index is 2.10. The molecule has 1 aromatic heterocycles. The summed E-state index contributed by atoms with van der Waals surface area (Å²) in [6.45, 7) is 0.395. The van der Waals surface area contributed by atoms with Crippen LogP contribution in [0.1, 0.15) is 6.42 Å². The number of aliphatic hydroxyl groups excluding tert-OH is 1. The van der Waals surface area contributed by atoms with E-state index in [1.807, 2.05) is 12.1 Å². The first kappa shape index (κ1) is 11.9. The van der Waals surface area contributed by atoms with Crippen LogP contribution in [0.15, 0.2) is 28.8 Å². The molecule has 0 atom stereocenters. The summed E-state index contributed by atoms with van der Waals surface area (Å²) in [5.41, 5.74) is 0.690. The number of rotatable bonds is 5. The van der Waals surface area contributed by atoms with Crippen molar-refractivity contribution in [1.82, 2.24) is 10.1 Å². The number of aromatic nitrogens is 2. The summed E-state index contributed by atoms with van der Waals surface area (Å²) in [5, 5.41) is 12.9. The zero-order valence-electron chi connectivity index (χ0n) is 8.97. The third-order valence-corrected chi connectivity index (χ3v) is 2.38. The molecule has 17 heavy (non-hydrogen) atoms. The Morgan fingerprint density at radius 2 is 2.18 bits per heavy atom. The summed E-state index contributed by atoms with van der Waals surface area (Å²) in [6, 6.07) is 7.21. The van der Waals surface area contributed by atoms with Crippen LogP contribution in [0.4, 0.5) is 0 Å². The lowest BCUT2D eigenvalue weighted by molar-refractivity contribution is 0.179. The van der Waals surface area contributed by atoms with Crippen molar-refractivity contribution >= 4 is 11.6 Å². The van der Waals surface area contributed by atoms with E-state index in [9.17, 15) is 0 Å². The summed E-state index contributed by atoms with van der Waals surface area (Å²) in [4.78, 5) is 4.05. The highest BCUT2D eigenvalue weighted by atomic mass is 35.5. The van der Waals surface area contributed by atoms with E-state index in [1.54, 1.807) is 12.1 Å². The first-order valence-electron chi connectivity index (χ1n) is 5.13. The summed E-state index contributed by atoms with van der Waals surface area (Å²) in [5.74, 6) is 0.384. The lowest BCUT2D eigenvalue weighted by Gasteiger charge is -1.97. The molecule has 0 unspecified atom stereocenters. The minimum Gasteiger partial charge on any atom is -0.449 e. The van der Waals surface area contributed by atoms with Gasteiger partial charge in [-0.2, -0.15) is 4.98 Å². The van der Waals surface area contributed by atoms with Gasteiger partial charge in [-0.15, -0.1) is 0 Å². The van der Waals surface area contributed by atoms with Crippen LogP contribution in [-0.4, -0.2) is 28.5 Å². The fourth-order valence-corrected chi connectivity index (χ4v) is 1.46. The standard InChI is InChI=1S/C11H11ClN2O3/c12-9-5-2-1-4-8(9)10-13-11(17-14-10)16-7-3-6-15/h1-2,4-5,15H,3,6-7H2. The van der Waals surface area contributed by atoms with Crippen molar-refractivity contribution in [3.8, 4) is 17.5 Å². The second-order valence-corrected chi connectivity index (χ2v) is 3.70. The molecule has 90 valence electrons. The van der Waals surface area contributed by atoms with E-state index >= 15 is 0 Å². The maximum Gasteiger partial charge on any atom is 0.417 e. The number of hydrogen-bond donors (Lipinski definition) is 1. The molecule has 0 radical (unpaired) electrons. The van der Waals surface area contributed by atoms with Gasteiger partial charge in [0.15, 0.2) is 0 Å². The molecule has 1 N–H and O–H groups in total. The molecule has 1 heterocycles. The van der Waals surface area contributed by atoms with Crippen molar-refractivity contribution in [2.75, 3.05) is 13.2 Å². The number of ether oxygens (including phenoxy) is 1. The summed E-state index contributed by atoms with van der Waals surface area (Å²) < 4.78 is 10.0. The van der Waals surface area contributed by atoms with Crippen LogP contribution in [0.5, 0.6) is 6.08 Å².